The van der Waals surface area contributed by atoms with Crippen LogP contribution in [0.5, 0.6) is 0 Å². The summed E-state index contributed by atoms with van der Waals surface area (Å²) in [6, 6.07) is -5.00. The predicted molar refractivity (Wildman–Crippen MR) is 123 cm³/mol. The molecule has 4 unspecified atom stereocenters. The van der Waals surface area contributed by atoms with Gasteiger partial charge in [-0.1, -0.05) is 0 Å². The Hall–Kier alpha value is -3.17. The van der Waals surface area contributed by atoms with E-state index in [4.69, 9.17) is 21.7 Å². The first-order valence-corrected chi connectivity index (χ1v) is 11.1. The van der Waals surface area contributed by atoms with Crippen molar-refractivity contribution in [3.05, 3.63) is 18.2 Å². The number of aromatic nitrogens is 2. The van der Waals surface area contributed by atoms with Gasteiger partial charge in [0, 0.05) is 24.1 Å². The van der Waals surface area contributed by atoms with Gasteiger partial charge in [-0.05, 0) is 25.8 Å². The number of carbonyl (C=O) groups excluding carboxylic acids is 3. The van der Waals surface area contributed by atoms with Crippen molar-refractivity contribution >= 4 is 42.3 Å². The Bertz CT molecular complexity index is 837. The summed E-state index contributed by atoms with van der Waals surface area (Å²) in [5, 5.41) is 25.2. The van der Waals surface area contributed by atoms with E-state index in [1.165, 1.54) is 12.5 Å². The van der Waals surface area contributed by atoms with Crippen molar-refractivity contribution in [3.8, 4) is 0 Å². The van der Waals surface area contributed by atoms with Gasteiger partial charge in [-0.2, -0.15) is 12.6 Å². The number of aromatic amines is 1. The average Bonchev–Trinajstić information content (AvgIpc) is 3.28. The van der Waals surface area contributed by atoms with E-state index in [-0.39, 0.29) is 18.6 Å². The Morgan fingerprint density at radius 2 is 1.62 bits per heavy atom. The molecule has 10 N–H and O–H groups in total. The number of amides is 3. The van der Waals surface area contributed by atoms with Gasteiger partial charge in [0.05, 0.1) is 18.8 Å². The van der Waals surface area contributed by atoms with Crippen LogP contribution in [0.1, 0.15) is 31.4 Å². The minimum absolute atomic E-state index is 0.0527. The first-order chi connectivity index (χ1) is 16.1. The van der Waals surface area contributed by atoms with Crippen LogP contribution in [-0.2, 0) is 30.4 Å². The molecule has 1 heterocycles. The number of unbranched alkanes of at least 4 members (excludes halogenated alkanes) is 1. The number of imidazole rings is 1. The molecule has 0 radical (unpaired) electrons. The highest BCUT2D eigenvalue weighted by molar-refractivity contribution is 7.80. The van der Waals surface area contributed by atoms with Crippen molar-refractivity contribution < 1.29 is 34.2 Å². The summed E-state index contributed by atoms with van der Waals surface area (Å²) in [5.41, 5.74) is 11.6. The van der Waals surface area contributed by atoms with E-state index in [9.17, 15) is 24.0 Å². The molecule has 190 valence electrons. The molecule has 0 saturated heterocycles. The van der Waals surface area contributed by atoms with Gasteiger partial charge in [0.2, 0.25) is 17.7 Å². The molecule has 0 aliphatic rings. The van der Waals surface area contributed by atoms with Crippen molar-refractivity contribution in [1.82, 2.24) is 25.9 Å². The number of hydrogen-bond donors (Lipinski definition) is 9. The van der Waals surface area contributed by atoms with Crippen molar-refractivity contribution in [2.24, 2.45) is 11.5 Å². The molecule has 0 aliphatic heterocycles. The second-order valence-electron chi connectivity index (χ2n) is 7.47. The number of carboxylic acids is 2. The lowest BCUT2D eigenvalue weighted by Crippen LogP contribution is -2.58. The fraction of sp³-hybridized carbons (Fsp3) is 0.579. The van der Waals surface area contributed by atoms with Crippen LogP contribution >= 0.6 is 12.6 Å². The lowest BCUT2D eigenvalue weighted by atomic mass is 10.1. The second kappa shape index (κ2) is 14.9. The first kappa shape index (κ1) is 28.9. The Kier molecular flexibility index (Phi) is 12.6. The zero-order valence-corrected chi connectivity index (χ0v) is 19.3. The maximum absolute atomic E-state index is 13.0. The summed E-state index contributed by atoms with van der Waals surface area (Å²) in [5.74, 6) is -5.09. The van der Waals surface area contributed by atoms with E-state index in [2.05, 4.69) is 38.5 Å². The van der Waals surface area contributed by atoms with Crippen LogP contribution in [-0.4, -0.2) is 86.3 Å². The van der Waals surface area contributed by atoms with E-state index in [1.807, 2.05) is 0 Å². The Morgan fingerprint density at radius 3 is 2.15 bits per heavy atom. The molecule has 0 aliphatic carbocycles. The minimum atomic E-state index is -1.40. The summed E-state index contributed by atoms with van der Waals surface area (Å²) in [7, 11) is 0. The highest BCUT2D eigenvalue weighted by atomic mass is 32.1. The molecule has 0 bridgehead atoms. The number of hydrogen-bond acceptors (Lipinski definition) is 9. The molecule has 1 aromatic rings. The first-order valence-electron chi connectivity index (χ1n) is 10.5. The van der Waals surface area contributed by atoms with E-state index >= 15 is 0 Å². The third kappa shape index (κ3) is 10.2. The Morgan fingerprint density at radius 1 is 1.00 bits per heavy atom. The third-order valence-corrected chi connectivity index (χ3v) is 5.09. The number of carbonyl (C=O) groups is 5. The van der Waals surface area contributed by atoms with Gasteiger partial charge in [0.25, 0.3) is 0 Å². The number of thiol groups is 1. The molecule has 34 heavy (non-hydrogen) atoms. The van der Waals surface area contributed by atoms with Crippen molar-refractivity contribution in [2.75, 3.05) is 12.3 Å². The molecule has 4 atom stereocenters. The summed E-state index contributed by atoms with van der Waals surface area (Å²) < 4.78 is 0. The number of aliphatic carboxylic acids is 2. The highest BCUT2D eigenvalue weighted by Crippen LogP contribution is 2.06. The molecule has 0 fully saturated rings. The van der Waals surface area contributed by atoms with Crippen molar-refractivity contribution in [2.45, 2.75) is 56.3 Å². The van der Waals surface area contributed by atoms with Gasteiger partial charge < -0.3 is 42.6 Å². The van der Waals surface area contributed by atoms with Gasteiger partial charge in [0.1, 0.15) is 18.1 Å². The quantitative estimate of drug-likeness (QED) is 0.0841. The Balaban J connectivity index is 3.02. The van der Waals surface area contributed by atoms with Gasteiger partial charge in [-0.3, -0.25) is 19.2 Å². The fourth-order valence-corrected chi connectivity index (χ4v) is 3.12. The third-order valence-electron chi connectivity index (χ3n) is 4.72. The van der Waals surface area contributed by atoms with Crippen LogP contribution in [0.2, 0.25) is 0 Å². The van der Waals surface area contributed by atoms with E-state index in [0.29, 0.717) is 25.1 Å². The SMILES string of the molecule is NCCCCC(NC(=O)C(Cc1cnc[nH]1)NC(=O)C(N)CC(=O)O)C(=O)NC(CS)C(=O)O. The van der Waals surface area contributed by atoms with Crippen LogP contribution in [0.25, 0.3) is 0 Å². The zero-order chi connectivity index (χ0) is 25.7. The normalized spacial score (nSPS) is 14.3. The largest absolute Gasteiger partial charge is 0.481 e. The van der Waals surface area contributed by atoms with Gasteiger partial charge in [0.15, 0.2) is 0 Å². The smallest absolute Gasteiger partial charge is 0.327 e. The highest BCUT2D eigenvalue weighted by Gasteiger charge is 2.30. The van der Waals surface area contributed by atoms with Crippen molar-refractivity contribution in [3.63, 3.8) is 0 Å². The van der Waals surface area contributed by atoms with Crippen LogP contribution in [0.4, 0.5) is 0 Å². The predicted octanol–water partition coefficient (Wildman–Crippen LogP) is -2.65. The van der Waals surface area contributed by atoms with Crippen LogP contribution in [0.15, 0.2) is 12.5 Å². The molecule has 15 heteroatoms. The zero-order valence-electron chi connectivity index (χ0n) is 18.4. The fourth-order valence-electron chi connectivity index (χ4n) is 2.88. The van der Waals surface area contributed by atoms with Gasteiger partial charge in [-0.15, -0.1) is 0 Å². The molecule has 0 spiro atoms. The van der Waals surface area contributed by atoms with Crippen LogP contribution in [0, 0.1) is 0 Å². The number of nitrogens with one attached hydrogen (secondary N) is 4. The van der Waals surface area contributed by atoms with Crippen LogP contribution in [0.3, 0.4) is 0 Å². The number of H-pyrrole nitrogens is 1. The molecular weight excluding hydrogens is 470 g/mol. The molecule has 1 aromatic heterocycles. The van der Waals surface area contributed by atoms with Crippen molar-refractivity contribution in [1.29, 1.82) is 0 Å². The monoisotopic (exact) mass is 501 g/mol. The molecule has 1 rings (SSSR count). The lowest BCUT2D eigenvalue weighted by molar-refractivity contribution is -0.141. The van der Waals surface area contributed by atoms with E-state index in [1.54, 1.807) is 0 Å². The van der Waals surface area contributed by atoms with Crippen LogP contribution < -0.4 is 27.4 Å². The summed E-state index contributed by atoms with van der Waals surface area (Å²) in [6.45, 7) is 0.358. The minimum Gasteiger partial charge on any atom is -0.481 e. The molecule has 0 saturated carbocycles. The summed E-state index contributed by atoms with van der Waals surface area (Å²) in [4.78, 5) is 66.8. The lowest BCUT2D eigenvalue weighted by Gasteiger charge is -2.24. The molecular formula is C19H31N7O7S. The topological polar surface area (TPSA) is 243 Å². The summed E-state index contributed by atoms with van der Waals surface area (Å²) >= 11 is 3.91. The second-order valence-corrected chi connectivity index (χ2v) is 7.84. The maximum atomic E-state index is 13.0. The van der Waals surface area contributed by atoms with E-state index in [0.717, 1.165) is 0 Å². The molecule has 0 aromatic carbocycles. The number of nitrogens with zero attached hydrogens (tertiary/aromatic N) is 1. The average molecular weight is 502 g/mol. The Labute approximate surface area is 201 Å². The summed E-state index contributed by atoms with van der Waals surface area (Å²) in [6.07, 6.45) is 3.30. The number of carboxylic acid groups (broad SMARTS) is 2. The molecule has 3 amide bonds. The van der Waals surface area contributed by atoms with Gasteiger partial charge in [-0.25, -0.2) is 9.78 Å². The number of nitrogens with two attached hydrogens (primary N) is 2. The molecule has 14 nitrogen and oxygen atoms in total. The van der Waals surface area contributed by atoms with E-state index < -0.39 is 60.2 Å². The van der Waals surface area contributed by atoms with Gasteiger partial charge >= 0.3 is 11.9 Å². The maximum Gasteiger partial charge on any atom is 0.327 e. The number of rotatable bonds is 16. The standard InChI is InChI=1S/C19H31N7O7S/c20-4-2-1-3-12(17(30)26-14(8-34)19(32)33)24-18(31)13(5-10-7-22-9-23-10)25-16(29)11(21)6-15(27)28/h7,9,11-14,34H,1-6,8,20-21H2,(H,22,23)(H,24,31)(H,25,29)(H,26,30)(H,27,28)(H,32,33).